The molecule has 0 amide bonds. The average Bonchev–Trinajstić information content (AvgIpc) is 2.22. The van der Waals surface area contributed by atoms with Gasteiger partial charge in [0.2, 0.25) is 0 Å². The Morgan fingerprint density at radius 1 is 1.27 bits per heavy atom. The number of hydrogen-bond acceptors (Lipinski definition) is 2. The standard InChI is InChI=1S/C13H21NO/c1-11-5-4-6-13(12(2)8-7-11)14-9-10-15-3/h5-6,8,14H,4,7,9-10H2,1-3H3/b11-5-,12-8-,13-6+. The quantitative estimate of drug-likeness (QED) is 0.565. The molecule has 0 bridgehead atoms. The van der Waals surface area contributed by atoms with Crippen LogP contribution in [-0.2, 0) is 4.74 Å². The first-order valence-corrected chi connectivity index (χ1v) is 5.49. The molecule has 1 rings (SSSR count). The van der Waals surface area contributed by atoms with Gasteiger partial charge in [0.1, 0.15) is 0 Å². The maximum absolute atomic E-state index is 5.02. The molecule has 0 fully saturated rings. The van der Waals surface area contributed by atoms with Crippen molar-refractivity contribution in [2.75, 3.05) is 20.3 Å². The van der Waals surface area contributed by atoms with Crippen LogP contribution in [-0.4, -0.2) is 20.3 Å². The average molecular weight is 207 g/mol. The lowest BCUT2D eigenvalue weighted by atomic mass is 10.0. The normalized spacial score (nSPS) is 27.5. The third-order valence-corrected chi connectivity index (χ3v) is 2.56. The largest absolute Gasteiger partial charge is 0.383 e. The van der Waals surface area contributed by atoms with E-state index in [4.69, 9.17) is 4.74 Å². The van der Waals surface area contributed by atoms with Gasteiger partial charge in [0, 0.05) is 19.4 Å². The summed E-state index contributed by atoms with van der Waals surface area (Å²) in [5, 5.41) is 3.39. The van der Waals surface area contributed by atoms with Crippen LogP contribution in [0.15, 0.2) is 35.1 Å². The lowest BCUT2D eigenvalue weighted by Crippen LogP contribution is -2.19. The minimum atomic E-state index is 0.749. The SMILES string of the molecule is COCCNC1=C/C/C=C(/C)C/C=C\1C. The van der Waals surface area contributed by atoms with Gasteiger partial charge in [0.15, 0.2) is 0 Å². The molecule has 0 saturated heterocycles. The molecule has 0 spiro atoms. The van der Waals surface area contributed by atoms with Gasteiger partial charge in [0.05, 0.1) is 6.61 Å². The molecule has 0 saturated carbocycles. The molecule has 1 aliphatic rings. The van der Waals surface area contributed by atoms with Crippen molar-refractivity contribution in [2.45, 2.75) is 26.7 Å². The van der Waals surface area contributed by atoms with E-state index in [1.165, 1.54) is 16.8 Å². The van der Waals surface area contributed by atoms with Crippen LogP contribution >= 0.6 is 0 Å². The zero-order valence-corrected chi connectivity index (χ0v) is 9.97. The molecule has 15 heavy (non-hydrogen) atoms. The molecular weight excluding hydrogens is 186 g/mol. The molecule has 0 aliphatic heterocycles. The van der Waals surface area contributed by atoms with E-state index in [1.807, 2.05) is 0 Å². The number of rotatable bonds is 4. The van der Waals surface area contributed by atoms with Crippen LogP contribution < -0.4 is 5.32 Å². The fraction of sp³-hybridized carbons (Fsp3) is 0.538. The Hall–Kier alpha value is -1.02. The molecule has 2 heteroatoms. The molecule has 2 nitrogen and oxygen atoms in total. The van der Waals surface area contributed by atoms with Gasteiger partial charge in [-0.2, -0.15) is 0 Å². The summed E-state index contributed by atoms with van der Waals surface area (Å²) in [5.41, 5.74) is 4.02. The first kappa shape index (κ1) is 12.1. The Bertz CT molecular complexity index is 287. The fourth-order valence-electron chi connectivity index (χ4n) is 1.55. The van der Waals surface area contributed by atoms with E-state index < -0.39 is 0 Å². The second-order valence-corrected chi connectivity index (χ2v) is 3.91. The van der Waals surface area contributed by atoms with Crippen LogP contribution in [0.5, 0.6) is 0 Å². The fourth-order valence-corrected chi connectivity index (χ4v) is 1.55. The molecule has 0 aromatic rings. The lowest BCUT2D eigenvalue weighted by Gasteiger charge is -2.13. The second-order valence-electron chi connectivity index (χ2n) is 3.91. The molecule has 0 aromatic carbocycles. The zero-order valence-electron chi connectivity index (χ0n) is 9.97. The van der Waals surface area contributed by atoms with Crippen molar-refractivity contribution in [3.8, 4) is 0 Å². The topological polar surface area (TPSA) is 21.3 Å². The minimum absolute atomic E-state index is 0.749. The molecule has 1 aliphatic carbocycles. The van der Waals surface area contributed by atoms with E-state index in [0.29, 0.717) is 0 Å². The number of ether oxygens (including phenoxy) is 1. The predicted molar refractivity (Wildman–Crippen MR) is 64.7 cm³/mol. The molecule has 0 aromatic heterocycles. The molecule has 1 N–H and O–H groups in total. The highest BCUT2D eigenvalue weighted by molar-refractivity contribution is 5.31. The number of methoxy groups -OCH3 is 1. The summed E-state index contributed by atoms with van der Waals surface area (Å²) in [6.45, 7) is 5.96. The highest BCUT2D eigenvalue weighted by atomic mass is 16.5. The Morgan fingerprint density at radius 2 is 2.07 bits per heavy atom. The van der Waals surface area contributed by atoms with E-state index in [-0.39, 0.29) is 0 Å². The van der Waals surface area contributed by atoms with Crippen molar-refractivity contribution in [1.82, 2.24) is 5.32 Å². The Morgan fingerprint density at radius 3 is 2.80 bits per heavy atom. The first-order chi connectivity index (χ1) is 7.24. The summed E-state index contributed by atoms with van der Waals surface area (Å²) in [5.74, 6) is 0. The summed E-state index contributed by atoms with van der Waals surface area (Å²) < 4.78 is 5.02. The van der Waals surface area contributed by atoms with E-state index >= 15 is 0 Å². The van der Waals surface area contributed by atoms with E-state index in [0.717, 1.165) is 26.0 Å². The highest BCUT2D eigenvalue weighted by Crippen LogP contribution is 2.15. The third kappa shape index (κ3) is 4.34. The van der Waals surface area contributed by atoms with Crippen molar-refractivity contribution in [3.05, 3.63) is 35.1 Å². The van der Waals surface area contributed by atoms with Gasteiger partial charge in [0.25, 0.3) is 0 Å². The van der Waals surface area contributed by atoms with Gasteiger partial charge in [-0.3, -0.25) is 0 Å². The molecule has 0 radical (unpaired) electrons. The monoisotopic (exact) mass is 207 g/mol. The van der Waals surface area contributed by atoms with Gasteiger partial charge >= 0.3 is 0 Å². The number of allylic oxidation sites excluding steroid dienone is 5. The highest BCUT2D eigenvalue weighted by Gasteiger charge is 2.01. The minimum Gasteiger partial charge on any atom is -0.383 e. The van der Waals surface area contributed by atoms with Crippen molar-refractivity contribution < 1.29 is 4.74 Å². The Kier molecular flexibility index (Phi) is 5.19. The summed E-state index contributed by atoms with van der Waals surface area (Å²) in [4.78, 5) is 0. The van der Waals surface area contributed by atoms with Crippen molar-refractivity contribution in [2.24, 2.45) is 0 Å². The van der Waals surface area contributed by atoms with Crippen LogP contribution in [0.1, 0.15) is 26.7 Å². The van der Waals surface area contributed by atoms with Gasteiger partial charge in [-0.1, -0.05) is 23.8 Å². The number of hydrogen-bond donors (Lipinski definition) is 1. The van der Waals surface area contributed by atoms with Gasteiger partial charge in [-0.05, 0) is 32.3 Å². The molecule has 0 unspecified atom stereocenters. The molecule has 84 valence electrons. The zero-order chi connectivity index (χ0) is 11.1. The smallest absolute Gasteiger partial charge is 0.0635 e. The molecule has 0 heterocycles. The van der Waals surface area contributed by atoms with E-state index in [2.05, 4.69) is 37.4 Å². The molecular formula is C13H21NO. The van der Waals surface area contributed by atoms with Crippen molar-refractivity contribution in [1.29, 1.82) is 0 Å². The Balaban J connectivity index is 2.57. The van der Waals surface area contributed by atoms with Gasteiger partial charge < -0.3 is 10.1 Å². The summed E-state index contributed by atoms with van der Waals surface area (Å²) in [6, 6.07) is 0. The van der Waals surface area contributed by atoms with E-state index in [9.17, 15) is 0 Å². The third-order valence-electron chi connectivity index (χ3n) is 2.56. The summed E-state index contributed by atoms with van der Waals surface area (Å²) in [7, 11) is 1.73. The van der Waals surface area contributed by atoms with Crippen LogP contribution in [0.2, 0.25) is 0 Å². The second kappa shape index (κ2) is 6.46. The first-order valence-electron chi connectivity index (χ1n) is 5.49. The van der Waals surface area contributed by atoms with Gasteiger partial charge in [-0.25, -0.2) is 0 Å². The maximum atomic E-state index is 5.02. The van der Waals surface area contributed by atoms with Crippen LogP contribution in [0.25, 0.3) is 0 Å². The Labute approximate surface area is 92.7 Å². The van der Waals surface area contributed by atoms with Gasteiger partial charge in [-0.15, -0.1) is 0 Å². The predicted octanol–water partition coefficient (Wildman–Crippen LogP) is 2.79. The van der Waals surface area contributed by atoms with Crippen molar-refractivity contribution >= 4 is 0 Å². The van der Waals surface area contributed by atoms with E-state index in [1.54, 1.807) is 7.11 Å². The van der Waals surface area contributed by atoms with Crippen LogP contribution in [0, 0.1) is 0 Å². The molecule has 0 atom stereocenters. The summed E-state index contributed by atoms with van der Waals surface area (Å²) >= 11 is 0. The van der Waals surface area contributed by atoms with Crippen LogP contribution in [0.4, 0.5) is 0 Å². The van der Waals surface area contributed by atoms with Crippen molar-refractivity contribution in [3.63, 3.8) is 0 Å². The maximum Gasteiger partial charge on any atom is 0.0635 e. The lowest BCUT2D eigenvalue weighted by molar-refractivity contribution is 0.202. The number of nitrogens with one attached hydrogen (secondary N) is 1. The van der Waals surface area contributed by atoms with Crippen LogP contribution in [0.3, 0.4) is 0 Å². The summed E-state index contributed by atoms with van der Waals surface area (Å²) in [6.07, 6.45) is 8.88.